The maximum absolute atomic E-state index is 7.06. The van der Waals surface area contributed by atoms with Crippen LogP contribution in [-0.2, 0) is 16.2 Å². The molecule has 0 spiro atoms. The molecule has 1 heterocycles. The van der Waals surface area contributed by atoms with Crippen molar-refractivity contribution in [3.8, 4) is 17.2 Å². The second kappa shape index (κ2) is 11.7. The van der Waals surface area contributed by atoms with Gasteiger partial charge in [-0.25, -0.2) is 4.98 Å². The van der Waals surface area contributed by atoms with Gasteiger partial charge in [-0.1, -0.05) is 50.7 Å². The highest BCUT2D eigenvalue weighted by atomic mass is 32.2. The van der Waals surface area contributed by atoms with Gasteiger partial charge in [0, 0.05) is 24.6 Å². The summed E-state index contributed by atoms with van der Waals surface area (Å²) in [5, 5.41) is 0.870. The Labute approximate surface area is 220 Å². The molecule has 9 heteroatoms. The third kappa shape index (κ3) is 6.08. The molecule has 0 aliphatic rings. The average molecular weight is 531 g/mol. The monoisotopic (exact) mass is 530 g/mol. The largest absolute Gasteiger partial charge is 0.493 e. The zero-order valence-electron chi connectivity index (χ0n) is 22.7. The van der Waals surface area contributed by atoms with Crippen LogP contribution in [0.3, 0.4) is 0 Å². The molecule has 1 unspecified atom stereocenters. The molecule has 0 saturated carbocycles. The summed E-state index contributed by atoms with van der Waals surface area (Å²) in [5.74, 6) is 1.60. The van der Waals surface area contributed by atoms with Crippen molar-refractivity contribution in [1.82, 2.24) is 9.55 Å². The van der Waals surface area contributed by atoms with Gasteiger partial charge in [0.25, 0.3) is 0 Å². The number of ether oxygens (including phenoxy) is 4. The first kappa shape index (κ1) is 28.1. The fraction of sp³-hybridized carbons (Fsp3) is 0.444. The molecule has 0 amide bonds. The van der Waals surface area contributed by atoms with E-state index in [4.69, 9.17) is 28.4 Å². The molecule has 3 rings (SSSR count). The Morgan fingerprint density at radius 3 is 2.25 bits per heavy atom. The van der Waals surface area contributed by atoms with Gasteiger partial charge in [0.15, 0.2) is 31.8 Å². The minimum absolute atomic E-state index is 0.00440. The number of aromatic nitrogens is 2. The van der Waals surface area contributed by atoms with E-state index in [1.54, 1.807) is 33.1 Å². The zero-order chi connectivity index (χ0) is 26.5. The number of rotatable bonds is 11. The molecule has 1 atom stereocenters. The molecule has 2 aromatic carbocycles. The van der Waals surface area contributed by atoms with Crippen LogP contribution in [0.4, 0.5) is 0 Å². The first-order chi connectivity index (χ1) is 17.0. The third-order valence-corrected chi connectivity index (χ3v) is 12.1. The van der Waals surface area contributed by atoms with Gasteiger partial charge in [-0.2, -0.15) is 0 Å². The minimum Gasteiger partial charge on any atom is -0.493 e. The Bertz CT molecular complexity index is 1150. The van der Waals surface area contributed by atoms with Crippen LogP contribution in [0.2, 0.25) is 18.1 Å². The molecular weight excluding hydrogens is 492 g/mol. The first-order valence-corrected chi connectivity index (χ1v) is 15.6. The highest BCUT2D eigenvalue weighted by Gasteiger charge is 2.41. The summed E-state index contributed by atoms with van der Waals surface area (Å²) in [5.41, 5.74) is 1.75. The van der Waals surface area contributed by atoms with Crippen LogP contribution in [0.25, 0.3) is 0 Å². The van der Waals surface area contributed by atoms with E-state index in [-0.39, 0.29) is 11.8 Å². The molecule has 0 aliphatic heterocycles. The van der Waals surface area contributed by atoms with E-state index in [1.165, 1.54) is 0 Å². The van der Waals surface area contributed by atoms with Crippen LogP contribution < -0.4 is 14.2 Å². The Balaban J connectivity index is 2.17. The standard InChI is InChI=1S/C27H38N2O5SSi/c1-27(2,3)36(8,9)34-23(20-15-16-22(31-6)25(32-7)24(20)33-18-30-5)21-17-28-26(29(21)4)35-19-13-11-10-12-14-19/h10-17,23H,18H2,1-9H3. The maximum Gasteiger partial charge on any atom is 0.203 e. The summed E-state index contributed by atoms with van der Waals surface area (Å²) < 4.78 is 31.7. The van der Waals surface area contributed by atoms with Crippen LogP contribution in [0, 0.1) is 0 Å². The molecule has 0 fully saturated rings. The fourth-order valence-electron chi connectivity index (χ4n) is 3.48. The van der Waals surface area contributed by atoms with Gasteiger partial charge in [-0.3, -0.25) is 0 Å². The van der Waals surface area contributed by atoms with E-state index < -0.39 is 14.4 Å². The first-order valence-electron chi connectivity index (χ1n) is 11.8. The van der Waals surface area contributed by atoms with E-state index >= 15 is 0 Å². The van der Waals surface area contributed by atoms with Crippen LogP contribution >= 0.6 is 11.8 Å². The van der Waals surface area contributed by atoms with E-state index in [9.17, 15) is 0 Å². The predicted molar refractivity (Wildman–Crippen MR) is 146 cm³/mol. The van der Waals surface area contributed by atoms with Crippen molar-refractivity contribution in [2.45, 2.75) is 55.1 Å². The fourth-order valence-corrected chi connectivity index (χ4v) is 5.52. The summed E-state index contributed by atoms with van der Waals surface area (Å²) in [6, 6.07) is 14.1. The quantitative estimate of drug-likeness (QED) is 0.202. The molecule has 0 bridgehead atoms. The van der Waals surface area contributed by atoms with Crippen molar-refractivity contribution < 1.29 is 23.4 Å². The highest BCUT2D eigenvalue weighted by molar-refractivity contribution is 7.99. The topological polar surface area (TPSA) is 64.0 Å². The average Bonchev–Trinajstić information content (AvgIpc) is 3.20. The van der Waals surface area contributed by atoms with Gasteiger partial charge in [0.2, 0.25) is 5.75 Å². The van der Waals surface area contributed by atoms with Crippen LogP contribution in [-0.4, -0.2) is 46.0 Å². The lowest BCUT2D eigenvalue weighted by atomic mass is 10.0. The normalized spacial score (nSPS) is 12.9. The predicted octanol–water partition coefficient (Wildman–Crippen LogP) is 6.68. The number of imidazole rings is 1. The molecule has 196 valence electrons. The number of methoxy groups -OCH3 is 3. The van der Waals surface area contributed by atoms with Crippen molar-refractivity contribution in [1.29, 1.82) is 0 Å². The summed E-state index contributed by atoms with van der Waals surface area (Å²) in [6.07, 6.45) is 1.44. The SMILES string of the molecule is COCOc1c(C(O[Si](C)(C)C(C)(C)C)c2cnc(Sc3ccccc3)n2C)ccc(OC)c1OC. The smallest absolute Gasteiger partial charge is 0.203 e. The number of hydrogen-bond acceptors (Lipinski definition) is 7. The Morgan fingerprint density at radius 2 is 1.67 bits per heavy atom. The molecule has 1 aromatic heterocycles. The molecule has 0 aliphatic carbocycles. The van der Waals surface area contributed by atoms with E-state index in [2.05, 4.69) is 50.6 Å². The van der Waals surface area contributed by atoms with Crippen molar-refractivity contribution in [2.75, 3.05) is 28.1 Å². The van der Waals surface area contributed by atoms with Crippen molar-refractivity contribution in [3.63, 3.8) is 0 Å². The second-order valence-electron chi connectivity index (χ2n) is 9.97. The lowest BCUT2D eigenvalue weighted by Crippen LogP contribution is -2.42. The van der Waals surface area contributed by atoms with Crippen LogP contribution in [0.15, 0.2) is 58.7 Å². The van der Waals surface area contributed by atoms with Gasteiger partial charge >= 0.3 is 0 Å². The summed E-state index contributed by atoms with van der Waals surface area (Å²) in [7, 11) is 4.58. The zero-order valence-corrected chi connectivity index (χ0v) is 24.6. The maximum atomic E-state index is 7.06. The highest BCUT2D eigenvalue weighted by Crippen LogP contribution is 2.48. The molecule has 36 heavy (non-hydrogen) atoms. The number of benzene rings is 2. The molecule has 0 saturated heterocycles. The van der Waals surface area contributed by atoms with E-state index in [0.29, 0.717) is 17.2 Å². The number of hydrogen-bond donors (Lipinski definition) is 0. The lowest BCUT2D eigenvalue weighted by molar-refractivity contribution is 0.0465. The lowest BCUT2D eigenvalue weighted by Gasteiger charge is -2.39. The van der Waals surface area contributed by atoms with E-state index in [0.717, 1.165) is 21.3 Å². The summed E-state index contributed by atoms with van der Waals surface area (Å²) >= 11 is 1.61. The van der Waals surface area contributed by atoms with Crippen LogP contribution in [0.1, 0.15) is 38.1 Å². The van der Waals surface area contributed by atoms with E-state index in [1.807, 2.05) is 43.6 Å². The van der Waals surface area contributed by atoms with Gasteiger partial charge in [0.1, 0.15) is 6.10 Å². The Kier molecular flexibility index (Phi) is 9.16. The van der Waals surface area contributed by atoms with Gasteiger partial charge < -0.3 is 27.9 Å². The van der Waals surface area contributed by atoms with Gasteiger partial charge in [0.05, 0.1) is 26.1 Å². The third-order valence-electron chi connectivity index (χ3n) is 6.56. The van der Waals surface area contributed by atoms with Gasteiger partial charge in [-0.05, 0) is 42.4 Å². The Hall–Kier alpha value is -2.46. The second-order valence-corrected chi connectivity index (χ2v) is 15.8. The molecule has 3 aromatic rings. The molecular formula is C27H38N2O5SSi. The molecule has 7 nitrogen and oxygen atoms in total. The van der Waals surface area contributed by atoms with Crippen LogP contribution in [0.5, 0.6) is 17.2 Å². The summed E-state index contributed by atoms with van der Waals surface area (Å²) in [4.78, 5) is 5.88. The van der Waals surface area contributed by atoms with Crippen molar-refractivity contribution in [2.24, 2.45) is 7.05 Å². The molecule has 0 radical (unpaired) electrons. The number of nitrogens with zero attached hydrogens (tertiary/aromatic N) is 2. The minimum atomic E-state index is -2.23. The van der Waals surface area contributed by atoms with Gasteiger partial charge in [-0.15, -0.1) is 0 Å². The molecule has 0 N–H and O–H groups in total. The Morgan fingerprint density at radius 1 is 0.972 bits per heavy atom. The van der Waals surface area contributed by atoms with Crippen molar-refractivity contribution in [3.05, 3.63) is 59.9 Å². The van der Waals surface area contributed by atoms with Crippen molar-refractivity contribution >= 4 is 20.1 Å². The summed E-state index contributed by atoms with van der Waals surface area (Å²) in [6.45, 7) is 11.2.